The number of ether oxygens (including phenoxy) is 1. The van der Waals surface area contributed by atoms with Gasteiger partial charge in [0, 0.05) is 30.6 Å². The molecule has 1 aliphatic heterocycles. The maximum absolute atomic E-state index is 12.2. The molecular formula is C20H25ClN2O4. The van der Waals surface area contributed by atoms with Gasteiger partial charge in [-0.1, -0.05) is 36.6 Å². The predicted molar refractivity (Wildman–Crippen MR) is 101 cm³/mol. The highest BCUT2D eigenvalue weighted by Crippen LogP contribution is 2.29. The van der Waals surface area contributed by atoms with Crippen LogP contribution >= 0.6 is 11.6 Å². The second-order valence-electron chi connectivity index (χ2n) is 7.22. The number of carbonyl (C=O) groups excluding carboxylic acids is 3. The maximum Gasteiger partial charge on any atom is 0.311 e. The maximum atomic E-state index is 12.2. The summed E-state index contributed by atoms with van der Waals surface area (Å²) in [7, 11) is 0. The Labute approximate surface area is 164 Å². The number of halogens is 1. The number of nitrogens with one attached hydrogen (secondary N) is 1. The highest BCUT2D eigenvalue weighted by atomic mass is 35.5. The van der Waals surface area contributed by atoms with E-state index in [1.807, 2.05) is 17.0 Å². The van der Waals surface area contributed by atoms with Crippen molar-refractivity contribution in [2.24, 2.45) is 5.92 Å². The normalized spacial score (nSPS) is 20.1. The molecule has 3 rings (SSSR count). The fourth-order valence-corrected chi connectivity index (χ4v) is 3.89. The summed E-state index contributed by atoms with van der Waals surface area (Å²) in [6, 6.07) is 7.69. The van der Waals surface area contributed by atoms with E-state index < -0.39 is 11.9 Å². The Morgan fingerprint density at radius 3 is 2.59 bits per heavy atom. The van der Waals surface area contributed by atoms with Gasteiger partial charge in [0.15, 0.2) is 6.61 Å². The van der Waals surface area contributed by atoms with Crippen LogP contribution in [0, 0.1) is 5.92 Å². The summed E-state index contributed by atoms with van der Waals surface area (Å²) in [5, 5.41) is 3.40. The molecular weight excluding hydrogens is 368 g/mol. The topological polar surface area (TPSA) is 75.7 Å². The average molecular weight is 393 g/mol. The first-order valence-electron chi connectivity index (χ1n) is 9.50. The van der Waals surface area contributed by atoms with E-state index in [2.05, 4.69) is 5.32 Å². The lowest BCUT2D eigenvalue weighted by atomic mass is 10.1. The lowest BCUT2D eigenvalue weighted by Gasteiger charge is -2.23. The van der Waals surface area contributed by atoms with Gasteiger partial charge in [0.25, 0.3) is 5.91 Å². The van der Waals surface area contributed by atoms with Crippen LogP contribution in [-0.2, 0) is 25.5 Å². The summed E-state index contributed by atoms with van der Waals surface area (Å²) in [4.78, 5) is 38.0. The molecule has 7 heteroatoms. The quantitative estimate of drug-likeness (QED) is 0.722. The summed E-state index contributed by atoms with van der Waals surface area (Å²) < 4.78 is 5.12. The fraction of sp³-hybridized carbons (Fsp3) is 0.550. The Hall–Kier alpha value is -2.08. The molecule has 1 heterocycles. The second kappa shape index (κ2) is 9.22. The largest absolute Gasteiger partial charge is 0.455 e. The zero-order valence-corrected chi connectivity index (χ0v) is 16.0. The molecule has 2 aliphatic rings. The molecule has 1 saturated carbocycles. The van der Waals surface area contributed by atoms with Crippen LogP contribution in [0.1, 0.15) is 37.7 Å². The Bertz CT molecular complexity index is 686. The zero-order valence-electron chi connectivity index (χ0n) is 15.3. The first-order valence-corrected chi connectivity index (χ1v) is 9.88. The lowest BCUT2D eigenvalue weighted by Crippen LogP contribution is -2.35. The van der Waals surface area contributed by atoms with Crippen LogP contribution < -0.4 is 5.32 Å². The van der Waals surface area contributed by atoms with Crippen molar-refractivity contribution in [2.75, 3.05) is 19.7 Å². The predicted octanol–water partition coefficient (Wildman–Crippen LogP) is 2.33. The molecule has 1 N–H and O–H groups in total. The lowest BCUT2D eigenvalue weighted by molar-refractivity contribution is -0.152. The molecule has 0 spiro atoms. The number of nitrogens with zero attached hydrogens (tertiary/aromatic N) is 1. The van der Waals surface area contributed by atoms with E-state index in [9.17, 15) is 14.4 Å². The van der Waals surface area contributed by atoms with Crippen LogP contribution in [0.25, 0.3) is 0 Å². The molecule has 1 aromatic carbocycles. The number of likely N-dealkylation sites (tertiary alicyclic amines) is 1. The molecule has 1 aromatic rings. The molecule has 0 unspecified atom stereocenters. The second-order valence-corrected chi connectivity index (χ2v) is 7.66. The van der Waals surface area contributed by atoms with E-state index in [-0.39, 0.29) is 30.9 Å². The molecule has 146 valence electrons. The third-order valence-corrected chi connectivity index (χ3v) is 5.50. The van der Waals surface area contributed by atoms with E-state index in [1.165, 1.54) is 0 Å². The molecule has 2 fully saturated rings. The van der Waals surface area contributed by atoms with Crippen molar-refractivity contribution in [3.8, 4) is 0 Å². The molecule has 0 aromatic heterocycles. The Balaban J connectivity index is 1.35. The van der Waals surface area contributed by atoms with Crippen LogP contribution in [0.2, 0.25) is 5.02 Å². The number of rotatable bonds is 7. The van der Waals surface area contributed by atoms with Gasteiger partial charge in [0.2, 0.25) is 5.91 Å². The van der Waals surface area contributed by atoms with Gasteiger partial charge >= 0.3 is 5.97 Å². The SMILES string of the molecule is O=C(COC(=O)[C@H]1CC(=O)N(C2CCCC2)C1)NCCc1ccc(Cl)cc1. The summed E-state index contributed by atoms with van der Waals surface area (Å²) in [5.74, 6) is -1.23. The van der Waals surface area contributed by atoms with Crippen molar-refractivity contribution < 1.29 is 19.1 Å². The number of hydrogen-bond donors (Lipinski definition) is 1. The number of esters is 1. The molecule has 6 nitrogen and oxygen atoms in total. The smallest absolute Gasteiger partial charge is 0.311 e. The van der Waals surface area contributed by atoms with E-state index in [0.29, 0.717) is 24.5 Å². The van der Waals surface area contributed by atoms with Gasteiger partial charge in [-0.3, -0.25) is 14.4 Å². The van der Waals surface area contributed by atoms with Gasteiger partial charge in [-0.15, -0.1) is 0 Å². The highest BCUT2D eigenvalue weighted by molar-refractivity contribution is 6.30. The van der Waals surface area contributed by atoms with Crippen molar-refractivity contribution >= 4 is 29.4 Å². The van der Waals surface area contributed by atoms with Crippen LogP contribution in [0.5, 0.6) is 0 Å². The van der Waals surface area contributed by atoms with Crippen molar-refractivity contribution in [1.29, 1.82) is 0 Å². The van der Waals surface area contributed by atoms with E-state index in [1.54, 1.807) is 12.1 Å². The zero-order chi connectivity index (χ0) is 19.2. The van der Waals surface area contributed by atoms with Crippen molar-refractivity contribution in [3.05, 3.63) is 34.9 Å². The third-order valence-electron chi connectivity index (χ3n) is 5.25. The summed E-state index contributed by atoms with van der Waals surface area (Å²) in [5.41, 5.74) is 1.06. The van der Waals surface area contributed by atoms with Crippen LogP contribution in [0.15, 0.2) is 24.3 Å². The first-order chi connectivity index (χ1) is 13.0. The van der Waals surface area contributed by atoms with Crippen molar-refractivity contribution in [1.82, 2.24) is 10.2 Å². The number of benzene rings is 1. The minimum atomic E-state index is -0.461. The minimum absolute atomic E-state index is 0.0243. The van der Waals surface area contributed by atoms with Gasteiger partial charge in [-0.2, -0.15) is 0 Å². The Morgan fingerprint density at radius 1 is 1.19 bits per heavy atom. The van der Waals surface area contributed by atoms with E-state index >= 15 is 0 Å². The molecule has 27 heavy (non-hydrogen) atoms. The van der Waals surface area contributed by atoms with Crippen molar-refractivity contribution in [2.45, 2.75) is 44.6 Å². The number of hydrogen-bond acceptors (Lipinski definition) is 4. The van der Waals surface area contributed by atoms with Gasteiger partial charge in [-0.05, 0) is 37.0 Å². The summed E-state index contributed by atoms with van der Waals surface area (Å²) in [6.07, 6.45) is 5.17. The monoisotopic (exact) mass is 392 g/mol. The molecule has 0 radical (unpaired) electrons. The van der Waals surface area contributed by atoms with E-state index in [4.69, 9.17) is 16.3 Å². The molecule has 1 atom stereocenters. The number of carbonyl (C=O) groups is 3. The summed E-state index contributed by atoms with van der Waals surface area (Å²) >= 11 is 5.83. The Morgan fingerprint density at radius 2 is 1.89 bits per heavy atom. The van der Waals surface area contributed by atoms with Gasteiger partial charge in [-0.25, -0.2) is 0 Å². The van der Waals surface area contributed by atoms with Gasteiger partial charge in [0.1, 0.15) is 0 Å². The standard InChI is InChI=1S/C20H25ClN2O4/c21-16-7-5-14(6-8-16)9-10-22-18(24)13-27-20(26)15-11-19(25)23(12-15)17-3-1-2-4-17/h5-8,15,17H,1-4,9-13H2,(H,22,24)/t15-/m0/s1. The van der Waals surface area contributed by atoms with Gasteiger partial charge < -0.3 is 15.0 Å². The minimum Gasteiger partial charge on any atom is -0.455 e. The summed E-state index contributed by atoms with van der Waals surface area (Å²) in [6.45, 7) is 0.559. The van der Waals surface area contributed by atoms with Crippen LogP contribution in [0.3, 0.4) is 0 Å². The number of amides is 2. The highest BCUT2D eigenvalue weighted by Gasteiger charge is 2.39. The van der Waals surface area contributed by atoms with Crippen LogP contribution in [-0.4, -0.2) is 48.4 Å². The average Bonchev–Trinajstić information content (AvgIpc) is 3.31. The van der Waals surface area contributed by atoms with Crippen molar-refractivity contribution in [3.63, 3.8) is 0 Å². The molecule has 0 bridgehead atoms. The third kappa shape index (κ3) is 5.45. The molecule has 1 aliphatic carbocycles. The molecule has 2 amide bonds. The Kier molecular flexibility index (Phi) is 6.72. The molecule has 1 saturated heterocycles. The van der Waals surface area contributed by atoms with Crippen LogP contribution in [0.4, 0.5) is 0 Å². The first kappa shape index (κ1) is 19.7. The fourth-order valence-electron chi connectivity index (χ4n) is 3.76. The van der Waals surface area contributed by atoms with E-state index in [0.717, 1.165) is 31.2 Å². The van der Waals surface area contributed by atoms with Gasteiger partial charge in [0.05, 0.1) is 5.92 Å².